The smallest absolute Gasteiger partial charge is 0.329 e. The van der Waals surface area contributed by atoms with Gasteiger partial charge in [0, 0.05) is 22.7 Å². The Kier molecular flexibility index (Phi) is 4.91. The van der Waals surface area contributed by atoms with Crippen LogP contribution in [-0.4, -0.2) is 41.2 Å². The molecule has 0 saturated carbocycles. The van der Waals surface area contributed by atoms with Gasteiger partial charge in [0.25, 0.3) is 5.91 Å². The number of benzene rings is 2. The largest absolute Gasteiger partial charge is 0.464 e. The van der Waals surface area contributed by atoms with Crippen molar-refractivity contribution >= 4 is 41.0 Å². The van der Waals surface area contributed by atoms with Crippen LogP contribution in [0.1, 0.15) is 12.5 Å². The molecule has 2 aromatic carbocycles. The first-order valence-electron chi connectivity index (χ1n) is 9.05. The number of esters is 1. The fraction of sp³-hybridized carbons (Fsp3) is 0.250. The highest BCUT2D eigenvalue weighted by molar-refractivity contribution is 8.01. The third-order valence-electron chi connectivity index (χ3n) is 4.82. The molecule has 29 heavy (non-hydrogen) atoms. The molecule has 0 aromatic heterocycles. The van der Waals surface area contributed by atoms with Crippen LogP contribution in [0, 0.1) is 5.82 Å². The summed E-state index contributed by atoms with van der Waals surface area (Å²) in [5.74, 6) is -1.21. The van der Waals surface area contributed by atoms with Crippen molar-refractivity contribution in [3.8, 4) is 0 Å². The van der Waals surface area contributed by atoms with Gasteiger partial charge >= 0.3 is 12.0 Å². The van der Waals surface area contributed by atoms with Gasteiger partial charge in [0.15, 0.2) is 4.87 Å². The van der Waals surface area contributed by atoms with Crippen LogP contribution in [0.5, 0.6) is 0 Å². The molecule has 3 amide bonds. The molecule has 1 saturated heterocycles. The molecule has 9 heteroatoms. The van der Waals surface area contributed by atoms with E-state index >= 15 is 0 Å². The minimum Gasteiger partial charge on any atom is -0.464 e. The quantitative estimate of drug-likeness (QED) is 0.752. The average Bonchev–Trinajstić information content (AvgIpc) is 3.24. The second kappa shape index (κ2) is 7.40. The minimum atomic E-state index is -1.39. The fourth-order valence-electron chi connectivity index (χ4n) is 3.58. The molecule has 2 aliphatic heterocycles. The van der Waals surface area contributed by atoms with E-state index in [-0.39, 0.29) is 12.4 Å². The lowest BCUT2D eigenvalue weighted by Crippen LogP contribution is -2.55. The van der Waals surface area contributed by atoms with Gasteiger partial charge in [-0.25, -0.2) is 14.0 Å². The van der Waals surface area contributed by atoms with E-state index in [0.29, 0.717) is 16.9 Å². The highest BCUT2D eigenvalue weighted by Crippen LogP contribution is 2.53. The molecule has 0 aliphatic carbocycles. The lowest BCUT2D eigenvalue weighted by atomic mass is 10.0. The number of carbonyl (C=O) groups excluding carboxylic acids is 3. The summed E-state index contributed by atoms with van der Waals surface area (Å²) in [7, 11) is 0. The van der Waals surface area contributed by atoms with Crippen molar-refractivity contribution in [2.75, 3.05) is 23.0 Å². The van der Waals surface area contributed by atoms with Crippen LogP contribution in [-0.2, 0) is 19.2 Å². The molecule has 0 bridgehead atoms. The number of nitrogens with one attached hydrogen (secondary N) is 2. The summed E-state index contributed by atoms with van der Waals surface area (Å²) in [6, 6.07) is 10.7. The Bertz CT molecular complexity index is 984. The summed E-state index contributed by atoms with van der Waals surface area (Å²) in [6.45, 7) is 1.83. The number of anilines is 2. The van der Waals surface area contributed by atoms with Crippen LogP contribution in [0.15, 0.2) is 48.5 Å². The van der Waals surface area contributed by atoms with E-state index in [9.17, 15) is 18.8 Å². The standard InChI is InChI=1S/C20H18FN3O4S/c1-2-28-17(25)16-11-29-20(14-5-3-4-6-15(14)23-18(20)26)24(16)19(27)22-13-9-7-12(21)8-10-13/h3-10,16H,2,11H2,1H3,(H,22,27)(H,23,26). The SMILES string of the molecule is CCOC(=O)C1CSC2(C(=O)Nc3ccccc32)N1C(=O)Nc1ccc(F)cc1. The minimum absolute atomic E-state index is 0.156. The van der Waals surface area contributed by atoms with Crippen molar-refractivity contribution in [3.63, 3.8) is 0 Å². The zero-order valence-electron chi connectivity index (χ0n) is 15.5. The number of carbonyl (C=O) groups is 3. The van der Waals surface area contributed by atoms with Crippen molar-refractivity contribution in [1.29, 1.82) is 0 Å². The Balaban J connectivity index is 1.75. The number of rotatable bonds is 3. The van der Waals surface area contributed by atoms with Crippen LogP contribution < -0.4 is 10.6 Å². The summed E-state index contributed by atoms with van der Waals surface area (Å²) in [5.41, 5.74) is 1.54. The molecule has 2 atom stereocenters. The van der Waals surface area contributed by atoms with Crippen LogP contribution >= 0.6 is 11.8 Å². The molecule has 1 spiro atoms. The average molecular weight is 415 g/mol. The maximum absolute atomic E-state index is 13.3. The summed E-state index contributed by atoms with van der Waals surface area (Å²) >= 11 is 1.21. The maximum atomic E-state index is 13.3. The van der Waals surface area contributed by atoms with Gasteiger partial charge < -0.3 is 15.4 Å². The zero-order chi connectivity index (χ0) is 20.6. The lowest BCUT2D eigenvalue weighted by Gasteiger charge is -2.34. The fourth-order valence-corrected chi connectivity index (χ4v) is 5.12. The van der Waals surface area contributed by atoms with Gasteiger partial charge in [0.1, 0.15) is 11.9 Å². The van der Waals surface area contributed by atoms with E-state index in [2.05, 4.69) is 10.6 Å². The van der Waals surface area contributed by atoms with Crippen LogP contribution in [0.25, 0.3) is 0 Å². The number of ether oxygens (including phenoxy) is 1. The van der Waals surface area contributed by atoms with Crippen molar-refractivity contribution in [3.05, 3.63) is 59.9 Å². The molecular formula is C20H18FN3O4S. The molecule has 2 N–H and O–H groups in total. The van der Waals surface area contributed by atoms with E-state index in [1.807, 2.05) is 0 Å². The second-order valence-corrected chi connectivity index (χ2v) is 7.74. The maximum Gasteiger partial charge on any atom is 0.329 e. The van der Waals surface area contributed by atoms with E-state index in [1.54, 1.807) is 31.2 Å². The predicted octanol–water partition coefficient (Wildman–Crippen LogP) is 3.14. The molecule has 2 aromatic rings. The zero-order valence-corrected chi connectivity index (χ0v) is 16.3. The summed E-state index contributed by atoms with van der Waals surface area (Å²) < 4.78 is 18.3. The Labute approximate surface area is 170 Å². The van der Waals surface area contributed by atoms with E-state index in [1.165, 1.54) is 40.9 Å². The number of amides is 3. The van der Waals surface area contributed by atoms with E-state index in [4.69, 9.17) is 4.74 Å². The normalized spacial score (nSPS) is 22.3. The van der Waals surface area contributed by atoms with E-state index < -0.39 is 34.6 Å². The summed E-state index contributed by atoms with van der Waals surface area (Å²) in [4.78, 5) is 38.7. The van der Waals surface area contributed by atoms with Gasteiger partial charge in [-0.3, -0.25) is 9.69 Å². The van der Waals surface area contributed by atoms with Gasteiger partial charge in [-0.2, -0.15) is 0 Å². The molecule has 1 fully saturated rings. The van der Waals surface area contributed by atoms with Crippen LogP contribution in [0.2, 0.25) is 0 Å². The summed E-state index contributed by atoms with van der Waals surface area (Å²) in [5, 5.41) is 5.45. The predicted molar refractivity (Wildman–Crippen MR) is 107 cm³/mol. The van der Waals surface area contributed by atoms with Gasteiger partial charge in [-0.15, -0.1) is 11.8 Å². The Morgan fingerprint density at radius 3 is 2.72 bits per heavy atom. The molecule has 0 radical (unpaired) electrons. The number of urea groups is 1. The van der Waals surface area contributed by atoms with Crippen molar-refractivity contribution in [2.24, 2.45) is 0 Å². The second-order valence-electron chi connectivity index (χ2n) is 6.53. The molecule has 2 heterocycles. The molecular weight excluding hydrogens is 397 g/mol. The first kappa shape index (κ1) is 19.3. The monoisotopic (exact) mass is 415 g/mol. The lowest BCUT2D eigenvalue weighted by molar-refractivity contribution is -0.148. The Hall–Kier alpha value is -3.07. The summed E-state index contributed by atoms with van der Waals surface area (Å²) in [6.07, 6.45) is 0. The number of hydrogen-bond acceptors (Lipinski definition) is 5. The van der Waals surface area contributed by atoms with Crippen molar-refractivity contribution in [2.45, 2.75) is 17.8 Å². The van der Waals surface area contributed by atoms with Gasteiger partial charge in [0.05, 0.1) is 6.61 Å². The van der Waals surface area contributed by atoms with Crippen LogP contribution in [0.4, 0.5) is 20.6 Å². The Morgan fingerprint density at radius 1 is 1.28 bits per heavy atom. The first-order valence-corrected chi connectivity index (χ1v) is 10.0. The highest BCUT2D eigenvalue weighted by Gasteiger charge is 2.61. The number of thioether (sulfide) groups is 1. The molecule has 7 nitrogen and oxygen atoms in total. The molecule has 2 unspecified atom stereocenters. The third kappa shape index (κ3) is 3.11. The van der Waals surface area contributed by atoms with Crippen molar-refractivity contribution in [1.82, 2.24) is 4.90 Å². The highest BCUT2D eigenvalue weighted by atomic mass is 32.2. The number of nitrogens with zero attached hydrogens (tertiary/aromatic N) is 1. The molecule has 2 aliphatic rings. The van der Waals surface area contributed by atoms with Gasteiger partial charge in [-0.05, 0) is 37.3 Å². The van der Waals surface area contributed by atoms with E-state index in [0.717, 1.165) is 0 Å². The number of para-hydroxylation sites is 1. The topological polar surface area (TPSA) is 87.7 Å². The van der Waals surface area contributed by atoms with Crippen LogP contribution in [0.3, 0.4) is 0 Å². The first-order chi connectivity index (χ1) is 14.0. The molecule has 150 valence electrons. The number of fused-ring (bicyclic) bond motifs is 2. The van der Waals surface area contributed by atoms with Gasteiger partial charge in [0.2, 0.25) is 0 Å². The van der Waals surface area contributed by atoms with Crippen molar-refractivity contribution < 1.29 is 23.5 Å². The number of halogens is 1. The third-order valence-corrected chi connectivity index (χ3v) is 6.32. The Morgan fingerprint density at radius 2 is 2.00 bits per heavy atom. The number of hydrogen-bond donors (Lipinski definition) is 2. The molecule has 4 rings (SSSR count). The van der Waals surface area contributed by atoms with Gasteiger partial charge in [-0.1, -0.05) is 18.2 Å².